The van der Waals surface area contributed by atoms with Gasteiger partial charge in [0.15, 0.2) is 11.6 Å². The predicted molar refractivity (Wildman–Crippen MR) is 80.2 cm³/mol. The van der Waals surface area contributed by atoms with Gasteiger partial charge in [-0.1, -0.05) is 30.3 Å². The molecule has 118 valence electrons. The van der Waals surface area contributed by atoms with Gasteiger partial charge in [-0.2, -0.15) is 0 Å². The number of rotatable bonds is 1. The van der Waals surface area contributed by atoms with E-state index in [9.17, 15) is 9.59 Å². The summed E-state index contributed by atoms with van der Waals surface area (Å²) in [6.07, 6.45) is 0.543. The summed E-state index contributed by atoms with van der Waals surface area (Å²) in [4.78, 5) is 26.3. The molecule has 2 fully saturated rings. The maximum absolute atomic E-state index is 12.5. The van der Waals surface area contributed by atoms with E-state index >= 15 is 0 Å². The molecule has 2 saturated heterocycles. The summed E-state index contributed by atoms with van der Waals surface area (Å²) >= 11 is 0. The Morgan fingerprint density at radius 1 is 1.32 bits per heavy atom. The van der Waals surface area contributed by atoms with E-state index in [4.69, 9.17) is 9.47 Å². The highest BCUT2D eigenvalue weighted by atomic mass is 16.6. The third-order valence-corrected chi connectivity index (χ3v) is 4.15. The van der Waals surface area contributed by atoms with Crippen molar-refractivity contribution in [1.82, 2.24) is 4.90 Å². The standard InChI is InChI=1S/C17H21NO4/c1-16(2,3)22-15(20)18-11-7-10-17(18)13(21-14(17)19)12-8-5-4-6-9-12/h4-6,8-9,13H,7,10-11H2,1-3H3. The molecule has 2 unspecified atom stereocenters. The molecule has 0 saturated carbocycles. The number of hydrogen-bond donors (Lipinski definition) is 0. The fourth-order valence-corrected chi connectivity index (χ4v) is 3.22. The van der Waals surface area contributed by atoms with E-state index in [0.717, 1.165) is 12.0 Å². The van der Waals surface area contributed by atoms with E-state index in [-0.39, 0.29) is 5.97 Å². The van der Waals surface area contributed by atoms with Gasteiger partial charge in [0, 0.05) is 6.54 Å². The van der Waals surface area contributed by atoms with Gasteiger partial charge in [-0.25, -0.2) is 9.59 Å². The first kappa shape index (κ1) is 14.9. The van der Waals surface area contributed by atoms with Crippen LogP contribution in [0.2, 0.25) is 0 Å². The minimum Gasteiger partial charge on any atom is -0.452 e. The maximum Gasteiger partial charge on any atom is 0.411 e. The molecule has 5 nitrogen and oxygen atoms in total. The molecule has 2 atom stereocenters. The molecule has 2 heterocycles. The van der Waals surface area contributed by atoms with E-state index < -0.39 is 23.3 Å². The number of carbonyl (C=O) groups is 2. The zero-order chi connectivity index (χ0) is 16.0. The van der Waals surface area contributed by atoms with Crippen LogP contribution in [-0.4, -0.2) is 34.6 Å². The number of nitrogens with zero attached hydrogens (tertiary/aromatic N) is 1. The van der Waals surface area contributed by atoms with Crippen molar-refractivity contribution < 1.29 is 19.1 Å². The van der Waals surface area contributed by atoms with Gasteiger partial charge in [0.25, 0.3) is 0 Å². The fraction of sp³-hybridized carbons (Fsp3) is 0.529. The lowest BCUT2D eigenvalue weighted by molar-refractivity contribution is -0.207. The maximum atomic E-state index is 12.5. The number of ether oxygens (including phenoxy) is 2. The van der Waals surface area contributed by atoms with E-state index in [2.05, 4.69) is 0 Å². The first-order valence-corrected chi connectivity index (χ1v) is 7.61. The van der Waals surface area contributed by atoms with E-state index in [1.807, 2.05) is 51.1 Å². The topological polar surface area (TPSA) is 55.8 Å². The highest BCUT2D eigenvalue weighted by Crippen LogP contribution is 2.51. The monoisotopic (exact) mass is 303 g/mol. The number of likely N-dealkylation sites (tertiary alicyclic amines) is 1. The quantitative estimate of drug-likeness (QED) is 0.748. The van der Waals surface area contributed by atoms with Crippen LogP contribution >= 0.6 is 0 Å². The van der Waals surface area contributed by atoms with Crippen LogP contribution < -0.4 is 0 Å². The highest BCUT2D eigenvalue weighted by Gasteiger charge is 2.66. The molecule has 0 radical (unpaired) electrons. The third-order valence-electron chi connectivity index (χ3n) is 4.15. The van der Waals surface area contributed by atoms with E-state index in [1.165, 1.54) is 0 Å². The Hall–Kier alpha value is -2.04. The van der Waals surface area contributed by atoms with Crippen molar-refractivity contribution in [1.29, 1.82) is 0 Å². The number of benzene rings is 1. The van der Waals surface area contributed by atoms with E-state index in [1.54, 1.807) is 4.90 Å². The van der Waals surface area contributed by atoms with Crippen molar-refractivity contribution >= 4 is 12.1 Å². The zero-order valence-corrected chi connectivity index (χ0v) is 13.2. The molecule has 1 aromatic carbocycles. The van der Waals surface area contributed by atoms with Gasteiger partial charge in [0.2, 0.25) is 0 Å². The lowest BCUT2D eigenvalue weighted by Gasteiger charge is -2.49. The molecule has 2 aliphatic heterocycles. The molecule has 1 spiro atoms. The van der Waals surface area contributed by atoms with Gasteiger partial charge in [0.05, 0.1) is 0 Å². The number of cyclic esters (lactones) is 1. The lowest BCUT2D eigenvalue weighted by atomic mass is 9.80. The first-order valence-electron chi connectivity index (χ1n) is 7.61. The summed E-state index contributed by atoms with van der Waals surface area (Å²) in [6, 6.07) is 9.57. The Balaban J connectivity index is 1.89. The molecule has 0 aromatic heterocycles. The molecule has 0 N–H and O–H groups in total. The second-order valence-electron chi connectivity index (χ2n) is 6.86. The summed E-state index contributed by atoms with van der Waals surface area (Å²) in [6.45, 7) is 5.98. The summed E-state index contributed by atoms with van der Waals surface area (Å²) in [5.41, 5.74) is -0.571. The highest BCUT2D eigenvalue weighted by molar-refractivity contribution is 5.92. The Bertz CT molecular complexity index is 592. The number of esters is 1. The summed E-state index contributed by atoms with van der Waals surface area (Å²) in [5, 5.41) is 0. The van der Waals surface area contributed by atoms with Crippen LogP contribution in [0.4, 0.5) is 4.79 Å². The summed E-state index contributed by atoms with van der Waals surface area (Å²) < 4.78 is 10.8. The largest absolute Gasteiger partial charge is 0.452 e. The predicted octanol–water partition coefficient (Wildman–Crippen LogP) is 3.05. The van der Waals surface area contributed by atoms with Crippen molar-refractivity contribution in [2.75, 3.05) is 6.54 Å². The zero-order valence-electron chi connectivity index (χ0n) is 13.2. The first-order chi connectivity index (χ1) is 10.3. The Morgan fingerprint density at radius 2 is 2.00 bits per heavy atom. The lowest BCUT2D eigenvalue weighted by Crippen LogP contribution is -2.66. The van der Waals surface area contributed by atoms with Crippen molar-refractivity contribution in [2.45, 2.75) is 50.9 Å². The number of hydrogen-bond acceptors (Lipinski definition) is 4. The SMILES string of the molecule is CC(C)(C)OC(=O)N1CCCC12C(=O)OC2c1ccccc1. The minimum atomic E-state index is -0.899. The molecule has 3 rings (SSSR count). The van der Waals surface area contributed by atoms with Crippen LogP contribution in [0.5, 0.6) is 0 Å². The average Bonchev–Trinajstić information content (AvgIpc) is 2.91. The van der Waals surface area contributed by atoms with Gasteiger partial charge in [-0.3, -0.25) is 4.90 Å². The van der Waals surface area contributed by atoms with Crippen LogP contribution in [0.15, 0.2) is 30.3 Å². The molecular formula is C17H21NO4. The molecule has 0 bridgehead atoms. The Kier molecular flexibility index (Phi) is 3.38. The van der Waals surface area contributed by atoms with Gasteiger partial charge in [-0.05, 0) is 39.2 Å². The van der Waals surface area contributed by atoms with Crippen molar-refractivity contribution in [2.24, 2.45) is 0 Å². The van der Waals surface area contributed by atoms with Gasteiger partial charge >= 0.3 is 12.1 Å². The Labute approximate surface area is 130 Å². The van der Waals surface area contributed by atoms with Crippen LogP contribution in [0.1, 0.15) is 45.3 Å². The van der Waals surface area contributed by atoms with Gasteiger partial charge < -0.3 is 9.47 Å². The molecule has 22 heavy (non-hydrogen) atoms. The second kappa shape index (κ2) is 5.00. The molecule has 0 aliphatic carbocycles. The number of carbonyl (C=O) groups excluding carboxylic acids is 2. The van der Waals surface area contributed by atoms with Crippen LogP contribution in [0, 0.1) is 0 Å². The van der Waals surface area contributed by atoms with Gasteiger partial charge in [0.1, 0.15) is 5.60 Å². The van der Waals surface area contributed by atoms with Crippen molar-refractivity contribution in [3.63, 3.8) is 0 Å². The normalized spacial score (nSPS) is 27.5. The van der Waals surface area contributed by atoms with Gasteiger partial charge in [-0.15, -0.1) is 0 Å². The summed E-state index contributed by atoms with van der Waals surface area (Å²) in [7, 11) is 0. The van der Waals surface area contributed by atoms with Crippen LogP contribution in [0.3, 0.4) is 0 Å². The molecule has 2 aliphatic rings. The van der Waals surface area contributed by atoms with Crippen LogP contribution in [0.25, 0.3) is 0 Å². The molecule has 1 aromatic rings. The smallest absolute Gasteiger partial charge is 0.411 e. The molecular weight excluding hydrogens is 282 g/mol. The molecule has 1 amide bonds. The fourth-order valence-electron chi connectivity index (χ4n) is 3.22. The van der Waals surface area contributed by atoms with Crippen LogP contribution in [-0.2, 0) is 14.3 Å². The third kappa shape index (κ3) is 2.25. The van der Waals surface area contributed by atoms with E-state index in [0.29, 0.717) is 13.0 Å². The average molecular weight is 303 g/mol. The Morgan fingerprint density at radius 3 is 2.59 bits per heavy atom. The van der Waals surface area contributed by atoms with Crippen molar-refractivity contribution in [3.8, 4) is 0 Å². The minimum absolute atomic E-state index is 0.329. The number of amides is 1. The second-order valence-corrected chi connectivity index (χ2v) is 6.86. The van der Waals surface area contributed by atoms with Crippen molar-refractivity contribution in [3.05, 3.63) is 35.9 Å². The summed E-state index contributed by atoms with van der Waals surface area (Å²) in [5.74, 6) is -0.329. The molecule has 5 heteroatoms.